The lowest BCUT2D eigenvalue weighted by atomic mass is 10.1. The molecule has 3 aromatic rings. The molecule has 0 aliphatic rings. The Balaban J connectivity index is 1.79. The monoisotopic (exact) mass is 374 g/mol. The second-order valence-corrected chi connectivity index (χ2v) is 5.97. The van der Waals surface area contributed by atoms with Gasteiger partial charge >= 0.3 is 5.97 Å². The lowest BCUT2D eigenvalue weighted by Crippen LogP contribution is -2.10. The van der Waals surface area contributed by atoms with Crippen LogP contribution in [-0.2, 0) is 11.2 Å². The van der Waals surface area contributed by atoms with Crippen molar-refractivity contribution in [2.45, 2.75) is 6.42 Å². The topological polar surface area (TPSA) is 64.4 Å². The molecular weight excluding hydrogens is 359 g/mol. The maximum absolute atomic E-state index is 13.1. The Morgan fingerprint density at radius 2 is 1.88 bits per heavy atom. The van der Waals surface area contributed by atoms with Crippen molar-refractivity contribution >= 4 is 23.5 Å². The van der Waals surface area contributed by atoms with Crippen molar-refractivity contribution in [3.8, 4) is 11.3 Å². The van der Waals surface area contributed by atoms with Gasteiger partial charge in [0, 0.05) is 17.1 Å². The molecule has 26 heavy (non-hydrogen) atoms. The first-order valence-electron chi connectivity index (χ1n) is 7.90. The van der Waals surface area contributed by atoms with E-state index in [1.807, 2.05) is 24.3 Å². The predicted octanol–water partition coefficient (Wildman–Crippen LogP) is 4.58. The molecule has 0 bridgehead atoms. The van der Waals surface area contributed by atoms with Crippen LogP contribution in [0.4, 0.5) is 10.3 Å². The van der Waals surface area contributed by atoms with E-state index in [1.54, 1.807) is 0 Å². The number of anilines is 1. The fourth-order valence-corrected chi connectivity index (χ4v) is 2.60. The third-order valence-electron chi connectivity index (χ3n) is 3.81. The molecule has 1 N–H and O–H groups in total. The van der Waals surface area contributed by atoms with E-state index in [1.165, 1.54) is 31.4 Å². The summed E-state index contributed by atoms with van der Waals surface area (Å²) in [5.74, 6) is -0.747. The van der Waals surface area contributed by atoms with Crippen molar-refractivity contribution in [1.29, 1.82) is 0 Å². The molecule has 0 saturated heterocycles. The van der Waals surface area contributed by atoms with Gasteiger partial charge in [0.15, 0.2) is 5.56 Å². The molecule has 134 valence electrons. The fraction of sp³-hybridized carbons (Fsp3) is 0.158. The van der Waals surface area contributed by atoms with Crippen LogP contribution in [0.2, 0.25) is 5.02 Å². The normalized spacial score (nSPS) is 10.6. The number of ether oxygens (including phenoxy) is 1. The van der Waals surface area contributed by atoms with Crippen LogP contribution >= 0.6 is 11.6 Å². The van der Waals surface area contributed by atoms with Crippen molar-refractivity contribution in [3.05, 3.63) is 70.5 Å². The summed E-state index contributed by atoms with van der Waals surface area (Å²) in [6.07, 6.45) is 0.699. The highest BCUT2D eigenvalue weighted by Crippen LogP contribution is 2.29. The molecule has 0 radical (unpaired) electrons. The average molecular weight is 375 g/mol. The summed E-state index contributed by atoms with van der Waals surface area (Å²) in [6.45, 7) is 0.518. The smallest absolute Gasteiger partial charge is 0.345 e. The SMILES string of the molecule is COC(=O)c1c(-c2ccc(F)cc2)noc1NCCc1ccc(Cl)cc1. The zero-order chi connectivity index (χ0) is 18.5. The first kappa shape index (κ1) is 17.9. The number of hydrogen-bond acceptors (Lipinski definition) is 5. The number of nitrogens with zero attached hydrogens (tertiary/aromatic N) is 1. The molecule has 0 unspecified atom stereocenters. The van der Waals surface area contributed by atoms with Gasteiger partial charge in [-0.2, -0.15) is 0 Å². The zero-order valence-electron chi connectivity index (χ0n) is 14.0. The molecule has 0 aliphatic heterocycles. The molecule has 7 heteroatoms. The number of nitrogens with one attached hydrogen (secondary N) is 1. The van der Waals surface area contributed by atoms with Crippen molar-refractivity contribution in [1.82, 2.24) is 5.16 Å². The number of esters is 1. The largest absolute Gasteiger partial charge is 0.465 e. The van der Waals surface area contributed by atoms with Crippen LogP contribution in [0, 0.1) is 5.82 Å². The second-order valence-electron chi connectivity index (χ2n) is 5.54. The highest BCUT2D eigenvalue weighted by atomic mass is 35.5. The fourth-order valence-electron chi connectivity index (χ4n) is 2.48. The molecule has 0 fully saturated rings. The first-order valence-corrected chi connectivity index (χ1v) is 8.28. The van der Waals surface area contributed by atoms with E-state index in [-0.39, 0.29) is 17.3 Å². The zero-order valence-corrected chi connectivity index (χ0v) is 14.7. The molecule has 0 amide bonds. The van der Waals surface area contributed by atoms with E-state index in [9.17, 15) is 9.18 Å². The van der Waals surface area contributed by atoms with Gasteiger partial charge in [-0.05, 0) is 48.4 Å². The third-order valence-corrected chi connectivity index (χ3v) is 4.06. The Hall–Kier alpha value is -2.86. The number of hydrogen-bond donors (Lipinski definition) is 1. The van der Waals surface area contributed by atoms with E-state index >= 15 is 0 Å². The van der Waals surface area contributed by atoms with Gasteiger partial charge in [-0.15, -0.1) is 0 Å². The van der Waals surface area contributed by atoms with Crippen LogP contribution in [0.15, 0.2) is 53.1 Å². The minimum absolute atomic E-state index is 0.176. The summed E-state index contributed by atoms with van der Waals surface area (Å²) in [5, 5.41) is 7.68. The van der Waals surface area contributed by atoms with E-state index in [0.717, 1.165) is 5.56 Å². The van der Waals surface area contributed by atoms with Crippen LogP contribution in [0.1, 0.15) is 15.9 Å². The van der Waals surface area contributed by atoms with Gasteiger partial charge in [0.05, 0.1) is 7.11 Å². The highest BCUT2D eigenvalue weighted by Gasteiger charge is 2.24. The average Bonchev–Trinajstić information content (AvgIpc) is 3.07. The van der Waals surface area contributed by atoms with Gasteiger partial charge in [-0.1, -0.05) is 28.9 Å². The summed E-state index contributed by atoms with van der Waals surface area (Å²) >= 11 is 5.87. The predicted molar refractivity (Wildman–Crippen MR) is 96.9 cm³/mol. The summed E-state index contributed by atoms with van der Waals surface area (Å²) in [6, 6.07) is 13.1. The van der Waals surface area contributed by atoms with Gasteiger partial charge in [-0.3, -0.25) is 0 Å². The lowest BCUT2D eigenvalue weighted by molar-refractivity contribution is 0.0602. The minimum atomic E-state index is -0.584. The Morgan fingerprint density at radius 1 is 1.19 bits per heavy atom. The Bertz CT molecular complexity index is 892. The third kappa shape index (κ3) is 4.03. The summed E-state index contributed by atoms with van der Waals surface area (Å²) in [7, 11) is 1.28. The van der Waals surface area contributed by atoms with E-state index in [2.05, 4.69) is 10.5 Å². The summed E-state index contributed by atoms with van der Waals surface area (Å²) in [5.41, 5.74) is 2.11. The number of halogens is 2. The van der Waals surface area contributed by atoms with Crippen LogP contribution in [0.5, 0.6) is 0 Å². The van der Waals surface area contributed by atoms with Gasteiger partial charge in [-0.25, -0.2) is 9.18 Å². The van der Waals surface area contributed by atoms with Crippen molar-refractivity contribution in [3.63, 3.8) is 0 Å². The van der Waals surface area contributed by atoms with Crippen molar-refractivity contribution in [2.24, 2.45) is 0 Å². The number of benzene rings is 2. The van der Waals surface area contributed by atoms with Crippen LogP contribution in [-0.4, -0.2) is 24.8 Å². The Kier molecular flexibility index (Phi) is 5.53. The molecule has 0 saturated carbocycles. The molecule has 1 aromatic heterocycles. The maximum Gasteiger partial charge on any atom is 0.345 e. The van der Waals surface area contributed by atoms with Gasteiger partial charge < -0.3 is 14.6 Å². The number of aromatic nitrogens is 1. The molecule has 5 nitrogen and oxygen atoms in total. The lowest BCUT2D eigenvalue weighted by Gasteiger charge is -2.06. The standard InChI is InChI=1S/C19H16ClFN2O3/c1-25-19(24)16-17(13-4-8-15(21)9-5-13)23-26-18(16)22-11-10-12-2-6-14(20)7-3-12/h2-9,22H,10-11H2,1H3. The van der Waals surface area contributed by atoms with Crippen LogP contribution < -0.4 is 5.32 Å². The van der Waals surface area contributed by atoms with Crippen molar-refractivity contribution in [2.75, 3.05) is 19.0 Å². The van der Waals surface area contributed by atoms with Gasteiger partial charge in [0.25, 0.3) is 0 Å². The minimum Gasteiger partial charge on any atom is -0.465 e. The number of methoxy groups -OCH3 is 1. The van der Waals surface area contributed by atoms with E-state index in [4.69, 9.17) is 20.9 Å². The molecule has 0 atom stereocenters. The first-order chi connectivity index (χ1) is 12.6. The second kappa shape index (κ2) is 8.01. The Morgan fingerprint density at radius 3 is 2.54 bits per heavy atom. The number of rotatable bonds is 6. The number of carbonyl (C=O) groups excluding carboxylic acids is 1. The molecule has 1 heterocycles. The molecule has 0 aliphatic carbocycles. The highest BCUT2D eigenvalue weighted by molar-refractivity contribution is 6.30. The molecule has 2 aromatic carbocycles. The summed E-state index contributed by atoms with van der Waals surface area (Å²) < 4.78 is 23.2. The van der Waals surface area contributed by atoms with E-state index in [0.29, 0.717) is 29.2 Å². The molecular formula is C19H16ClFN2O3. The van der Waals surface area contributed by atoms with E-state index < -0.39 is 5.97 Å². The summed E-state index contributed by atoms with van der Waals surface area (Å²) in [4.78, 5) is 12.2. The molecule has 3 rings (SSSR count). The Labute approximate surface area is 154 Å². The maximum atomic E-state index is 13.1. The number of carbonyl (C=O) groups is 1. The van der Waals surface area contributed by atoms with Gasteiger partial charge in [0.1, 0.15) is 11.5 Å². The quantitative estimate of drug-likeness (QED) is 0.640. The van der Waals surface area contributed by atoms with Gasteiger partial charge in [0.2, 0.25) is 5.88 Å². The van der Waals surface area contributed by atoms with Crippen LogP contribution in [0.25, 0.3) is 11.3 Å². The van der Waals surface area contributed by atoms with Crippen LogP contribution in [0.3, 0.4) is 0 Å². The van der Waals surface area contributed by atoms with Crippen molar-refractivity contribution < 1.29 is 18.4 Å². The molecule has 0 spiro atoms.